The van der Waals surface area contributed by atoms with Crippen LogP contribution in [0.1, 0.15) is 24.2 Å². The Bertz CT molecular complexity index is 1020. The molecule has 6 heteroatoms. The number of anilines is 1. The monoisotopic (exact) mass is 349 g/mol. The summed E-state index contributed by atoms with van der Waals surface area (Å²) in [5.74, 6) is -0.410. The first-order chi connectivity index (χ1) is 12.5. The molecule has 1 N–H and O–H groups in total. The summed E-state index contributed by atoms with van der Waals surface area (Å²) in [4.78, 5) is 40.8. The molecule has 0 aliphatic rings. The Morgan fingerprint density at radius 1 is 1.08 bits per heavy atom. The maximum absolute atomic E-state index is 12.5. The van der Waals surface area contributed by atoms with E-state index in [9.17, 15) is 14.4 Å². The number of nitrogens with one attached hydrogen (secondary N) is 1. The molecular weight excluding hydrogens is 330 g/mol. The maximum Gasteiger partial charge on any atom is 0.261 e. The second kappa shape index (κ2) is 7.31. The Labute approximate surface area is 150 Å². The molecule has 6 nitrogen and oxygen atoms in total. The fourth-order valence-corrected chi connectivity index (χ4v) is 2.49. The molecule has 132 valence electrons. The largest absolute Gasteiger partial charge is 0.326 e. The van der Waals surface area contributed by atoms with Crippen LogP contribution < -0.4 is 10.9 Å². The molecule has 1 aromatic heterocycles. The summed E-state index contributed by atoms with van der Waals surface area (Å²) in [6, 6.07) is 13.6. The van der Waals surface area contributed by atoms with Crippen molar-refractivity contribution in [3.8, 4) is 0 Å². The van der Waals surface area contributed by atoms with E-state index in [-0.39, 0.29) is 29.7 Å². The standard InChI is InChI=1S/C20H19N3O3/c1-13(2)19(25)22-15-9-7-14(8-10-15)18(24)11-23-12-21-17-6-4-3-5-16(17)20(23)26/h3-10,12-13H,11H2,1-2H3,(H,22,25). The summed E-state index contributed by atoms with van der Waals surface area (Å²) in [5.41, 5.74) is 1.45. The minimum Gasteiger partial charge on any atom is -0.326 e. The summed E-state index contributed by atoms with van der Waals surface area (Å²) in [6.45, 7) is 3.53. The van der Waals surface area contributed by atoms with Crippen molar-refractivity contribution >= 4 is 28.3 Å². The number of hydrogen-bond donors (Lipinski definition) is 1. The Balaban J connectivity index is 1.77. The van der Waals surface area contributed by atoms with E-state index in [1.807, 2.05) is 19.9 Å². The van der Waals surface area contributed by atoms with Gasteiger partial charge in [0, 0.05) is 17.2 Å². The van der Waals surface area contributed by atoms with Gasteiger partial charge in [-0.2, -0.15) is 0 Å². The van der Waals surface area contributed by atoms with Gasteiger partial charge in [-0.25, -0.2) is 4.98 Å². The normalized spacial score (nSPS) is 10.9. The first-order valence-corrected chi connectivity index (χ1v) is 8.34. The number of hydrogen-bond acceptors (Lipinski definition) is 4. The van der Waals surface area contributed by atoms with E-state index in [2.05, 4.69) is 10.3 Å². The van der Waals surface area contributed by atoms with Crippen molar-refractivity contribution in [2.24, 2.45) is 5.92 Å². The van der Waals surface area contributed by atoms with Gasteiger partial charge in [0.15, 0.2) is 5.78 Å². The summed E-state index contributed by atoms with van der Waals surface area (Å²) >= 11 is 0. The number of carbonyl (C=O) groups is 2. The molecule has 0 unspecified atom stereocenters. The number of ketones is 1. The molecule has 0 saturated carbocycles. The van der Waals surface area contributed by atoms with Crippen molar-refractivity contribution in [3.63, 3.8) is 0 Å². The van der Waals surface area contributed by atoms with Crippen LogP contribution in [0.3, 0.4) is 0 Å². The SMILES string of the molecule is CC(C)C(=O)Nc1ccc(C(=O)Cn2cnc3ccccc3c2=O)cc1. The summed E-state index contributed by atoms with van der Waals surface area (Å²) in [6.07, 6.45) is 1.39. The number of amides is 1. The lowest BCUT2D eigenvalue weighted by Crippen LogP contribution is -2.24. The third kappa shape index (κ3) is 3.69. The van der Waals surface area contributed by atoms with Gasteiger partial charge in [0.05, 0.1) is 23.8 Å². The maximum atomic E-state index is 12.5. The molecule has 0 atom stereocenters. The minimum absolute atomic E-state index is 0.0853. The zero-order valence-corrected chi connectivity index (χ0v) is 14.6. The van der Waals surface area contributed by atoms with Crippen LogP contribution in [0.25, 0.3) is 10.9 Å². The van der Waals surface area contributed by atoms with Crippen LogP contribution in [0, 0.1) is 5.92 Å². The fourth-order valence-electron chi connectivity index (χ4n) is 2.49. The Morgan fingerprint density at radius 3 is 2.46 bits per heavy atom. The van der Waals surface area contributed by atoms with Gasteiger partial charge in [-0.1, -0.05) is 26.0 Å². The highest BCUT2D eigenvalue weighted by Crippen LogP contribution is 2.12. The van der Waals surface area contributed by atoms with Gasteiger partial charge in [0.2, 0.25) is 5.91 Å². The van der Waals surface area contributed by atoms with Gasteiger partial charge in [-0.15, -0.1) is 0 Å². The van der Waals surface area contributed by atoms with E-state index in [1.54, 1.807) is 42.5 Å². The molecule has 0 fully saturated rings. The van der Waals surface area contributed by atoms with Gasteiger partial charge >= 0.3 is 0 Å². The van der Waals surface area contributed by atoms with Crippen molar-refractivity contribution in [1.29, 1.82) is 0 Å². The van der Waals surface area contributed by atoms with Gasteiger partial charge in [-0.3, -0.25) is 19.0 Å². The minimum atomic E-state index is -0.246. The van der Waals surface area contributed by atoms with Gasteiger partial charge in [0.1, 0.15) is 0 Å². The highest BCUT2D eigenvalue weighted by molar-refractivity contribution is 5.97. The molecule has 0 radical (unpaired) electrons. The van der Waals surface area contributed by atoms with Crippen molar-refractivity contribution in [3.05, 3.63) is 70.8 Å². The van der Waals surface area contributed by atoms with E-state index in [0.717, 1.165) is 0 Å². The highest BCUT2D eigenvalue weighted by Gasteiger charge is 2.11. The number of fused-ring (bicyclic) bond motifs is 1. The Kier molecular flexibility index (Phi) is 4.93. The average molecular weight is 349 g/mol. The van der Waals surface area contributed by atoms with Crippen molar-refractivity contribution in [1.82, 2.24) is 9.55 Å². The van der Waals surface area contributed by atoms with Crippen molar-refractivity contribution < 1.29 is 9.59 Å². The summed E-state index contributed by atoms with van der Waals surface area (Å²) in [5, 5.41) is 3.25. The average Bonchev–Trinajstić information content (AvgIpc) is 2.64. The van der Waals surface area contributed by atoms with Crippen molar-refractivity contribution in [2.75, 3.05) is 5.32 Å². The third-order valence-corrected chi connectivity index (χ3v) is 4.04. The van der Waals surface area contributed by atoms with Gasteiger partial charge in [0.25, 0.3) is 5.56 Å². The quantitative estimate of drug-likeness (QED) is 0.718. The lowest BCUT2D eigenvalue weighted by atomic mass is 10.1. The number of benzene rings is 2. The predicted octanol–water partition coefficient (Wildman–Crippen LogP) is 2.87. The molecule has 1 amide bonds. The topological polar surface area (TPSA) is 81.1 Å². The molecule has 3 aromatic rings. The number of para-hydroxylation sites is 1. The molecule has 0 bridgehead atoms. The van der Waals surface area contributed by atoms with Crippen LogP contribution in [-0.2, 0) is 11.3 Å². The summed E-state index contributed by atoms with van der Waals surface area (Å²) in [7, 11) is 0. The molecule has 0 saturated heterocycles. The van der Waals surface area contributed by atoms with Crippen LogP contribution in [-0.4, -0.2) is 21.2 Å². The number of nitrogens with zero attached hydrogens (tertiary/aromatic N) is 2. The molecule has 0 aliphatic carbocycles. The zero-order chi connectivity index (χ0) is 18.7. The van der Waals surface area contributed by atoms with E-state index in [4.69, 9.17) is 0 Å². The van der Waals surface area contributed by atoms with Crippen LogP contribution in [0.4, 0.5) is 5.69 Å². The first kappa shape index (κ1) is 17.5. The number of aromatic nitrogens is 2. The zero-order valence-electron chi connectivity index (χ0n) is 14.6. The molecule has 2 aromatic carbocycles. The van der Waals surface area contributed by atoms with E-state index in [1.165, 1.54) is 10.9 Å². The molecular formula is C20H19N3O3. The molecule has 26 heavy (non-hydrogen) atoms. The van der Waals surface area contributed by atoms with Gasteiger partial charge < -0.3 is 5.32 Å². The highest BCUT2D eigenvalue weighted by atomic mass is 16.2. The van der Waals surface area contributed by atoms with E-state index < -0.39 is 0 Å². The van der Waals surface area contributed by atoms with Crippen molar-refractivity contribution in [2.45, 2.75) is 20.4 Å². The van der Waals surface area contributed by atoms with E-state index >= 15 is 0 Å². The fraction of sp³-hybridized carbons (Fsp3) is 0.200. The Hall–Kier alpha value is -3.28. The lowest BCUT2D eigenvalue weighted by Gasteiger charge is -2.09. The molecule has 0 spiro atoms. The second-order valence-corrected chi connectivity index (χ2v) is 6.34. The molecule has 1 heterocycles. The van der Waals surface area contributed by atoms with E-state index in [0.29, 0.717) is 22.2 Å². The van der Waals surface area contributed by atoms with Crippen LogP contribution in [0.15, 0.2) is 59.7 Å². The van der Waals surface area contributed by atoms with Crippen LogP contribution in [0.2, 0.25) is 0 Å². The Morgan fingerprint density at radius 2 is 1.77 bits per heavy atom. The van der Waals surface area contributed by atoms with Crippen LogP contribution >= 0.6 is 0 Å². The predicted molar refractivity (Wildman–Crippen MR) is 100 cm³/mol. The number of carbonyl (C=O) groups excluding carboxylic acids is 2. The third-order valence-electron chi connectivity index (χ3n) is 4.04. The second-order valence-electron chi connectivity index (χ2n) is 6.34. The summed E-state index contributed by atoms with van der Waals surface area (Å²) < 4.78 is 1.30. The van der Waals surface area contributed by atoms with Gasteiger partial charge in [-0.05, 0) is 36.4 Å². The number of Topliss-reactive ketones (excluding diaryl/α,β-unsaturated/α-hetero) is 1. The number of rotatable bonds is 5. The smallest absolute Gasteiger partial charge is 0.261 e. The first-order valence-electron chi connectivity index (χ1n) is 8.34. The van der Waals surface area contributed by atoms with Crippen LogP contribution in [0.5, 0.6) is 0 Å². The lowest BCUT2D eigenvalue weighted by molar-refractivity contribution is -0.118. The molecule has 3 rings (SSSR count). The molecule has 0 aliphatic heterocycles.